The molecule has 0 aliphatic carbocycles. The quantitative estimate of drug-likeness (QED) is 0.231. The van der Waals surface area contributed by atoms with Crippen molar-refractivity contribution in [2.45, 2.75) is 39.3 Å². The van der Waals surface area contributed by atoms with E-state index in [1.807, 2.05) is 75.4 Å². The van der Waals surface area contributed by atoms with E-state index in [9.17, 15) is 9.59 Å². The third kappa shape index (κ3) is 8.37. The Bertz CT molecular complexity index is 1590. The van der Waals surface area contributed by atoms with Crippen LogP contribution in [-0.4, -0.2) is 101 Å². The topological polar surface area (TPSA) is 110 Å². The van der Waals surface area contributed by atoms with Crippen molar-refractivity contribution in [2.24, 2.45) is 0 Å². The number of fused-ring (bicyclic) bond motifs is 1. The number of pyridine rings is 1. The minimum absolute atomic E-state index is 0.159. The Morgan fingerprint density at radius 1 is 1.00 bits per heavy atom. The first-order chi connectivity index (χ1) is 21.6. The molecule has 5 rings (SSSR count). The normalized spacial score (nSPS) is 14.1. The number of nitrogens with one attached hydrogen (secondary N) is 2. The average Bonchev–Trinajstić information content (AvgIpc) is 3.49. The Balaban J connectivity index is 1.31. The molecule has 0 atom stereocenters. The van der Waals surface area contributed by atoms with E-state index in [0.717, 1.165) is 50.2 Å². The number of aromatic nitrogens is 3. The molecule has 3 heterocycles. The molecule has 0 spiro atoms. The monoisotopic (exact) mass is 612 g/mol. The number of para-hydroxylation sites is 1. The van der Waals surface area contributed by atoms with E-state index < -0.39 is 5.60 Å². The summed E-state index contributed by atoms with van der Waals surface area (Å²) in [6.45, 7) is 10.9. The predicted octanol–water partition coefficient (Wildman–Crippen LogP) is 5.35. The van der Waals surface area contributed by atoms with Gasteiger partial charge in [-0.1, -0.05) is 18.2 Å². The van der Waals surface area contributed by atoms with Gasteiger partial charge in [0, 0.05) is 57.1 Å². The van der Waals surface area contributed by atoms with Crippen LogP contribution in [0.3, 0.4) is 0 Å². The Morgan fingerprint density at radius 3 is 2.47 bits per heavy atom. The van der Waals surface area contributed by atoms with Crippen molar-refractivity contribution in [3.05, 3.63) is 78.2 Å². The van der Waals surface area contributed by atoms with E-state index in [-0.39, 0.29) is 12.0 Å². The zero-order chi connectivity index (χ0) is 32.0. The predicted molar refractivity (Wildman–Crippen MR) is 178 cm³/mol. The van der Waals surface area contributed by atoms with Crippen LogP contribution in [-0.2, 0) is 11.3 Å². The molecule has 2 amide bonds. The number of ether oxygens (including phenoxy) is 1. The maximum atomic E-state index is 14.2. The van der Waals surface area contributed by atoms with E-state index >= 15 is 0 Å². The first-order valence-electron chi connectivity index (χ1n) is 15.5. The Hall–Kier alpha value is -4.48. The molecule has 1 saturated heterocycles. The molecular formula is C34H44N8O3. The first-order valence-corrected chi connectivity index (χ1v) is 15.5. The van der Waals surface area contributed by atoms with E-state index in [2.05, 4.69) is 44.2 Å². The molecule has 4 aromatic rings. The maximum absolute atomic E-state index is 14.2. The molecule has 11 nitrogen and oxygen atoms in total. The number of hydrogen-bond donors (Lipinski definition) is 2. The van der Waals surface area contributed by atoms with E-state index in [0.29, 0.717) is 41.4 Å². The highest BCUT2D eigenvalue weighted by Gasteiger charge is 2.27. The van der Waals surface area contributed by atoms with Crippen molar-refractivity contribution in [3.8, 4) is 0 Å². The van der Waals surface area contributed by atoms with Gasteiger partial charge in [-0.3, -0.25) is 14.6 Å². The fourth-order valence-electron chi connectivity index (χ4n) is 5.32. The van der Waals surface area contributed by atoms with Crippen LogP contribution in [0.4, 0.5) is 22.0 Å². The van der Waals surface area contributed by atoms with E-state index in [1.165, 1.54) is 0 Å². The standard InChI is InChI=1S/C34H44N8O3/c1-34(2,3)45-33(44)41-20-18-40(19-21-41)23-25-10-12-26(13-11-25)32(43)42(29-9-6-8-28-31(29)38-24-37-28)27-14-16-36-30(22-27)35-15-7-17-39(4)5/h6,8-14,16,22,24H,7,15,17-21,23H2,1-5H3,(H,35,36)(H,37,38). The van der Waals surface area contributed by atoms with Gasteiger partial charge in [0.05, 0.1) is 23.2 Å². The lowest BCUT2D eigenvalue weighted by Gasteiger charge is -2.35. The number of piperazine rings is 1. The average molecular weight is 613 g/mol. The number of carbonyl (C=O) groups excluding carboxylic acids is 2. The number of benzene rings is 2. The van der Waals surface area contributed by atoms with Crippen molar-refractivity contribution in [1.29, 1.82) is 0 Å². The molecule has 1 fully saturated rings. The maximum Gasteiger partial charge on any atom is 0.410 e. The lowest BCUT2D eigenvalue weighted by Crippen LogP contribution is -2.49. The van der Waals surface area contributed by atoms with Crippen LogP contribution in [0.1, 0.15) is 43.1 Å². The van der Waals surface area contributed by atoms with Gasteiger partial charge in [0.25, 0.3) is 5.91 Å². The van der Waals surface area contributed by atoms with Crippen molar-refractivity contribution in [2.75, 3.05) is 63.6 Å². The summed E-state index contributed by atoms with van der Waals surface area (Å²) in [4.78, 5) is 46.8. The van der Waals surface area contributed by atoms with Crippen LogP contribution < -0.4 is 10.2 Å². The summed E-state index contributed by atoms with van der Waals surface area (Å²) in [5, 5.41) is 3.39. The molecule has 0 saturated carbocycles. The van der Waals surface area contributed by atoms with Crippen LogP contribution in [0.5, 0.6) is 0 Å². The molecule has 2 N–H and O–H groups in total. The zero-order valence-corrected chi connectivity index (χ0v) is 26.9. The highest BCUT2D eigenvalue weighted by Crippen LogP contribution is 2.33. The van der Waals surface area contributed by atoms with Crippen molar-refractivity contribution >= 4 is 40.2 Å². The molecule has 45 heavy (non-hydrogen) atoms. The summed E-state index contributed by atoms with van der Waals surface area (Å²) in [5.41, 5.74) is 4.12. The van der Waals surface area contributed by atoms with Crippen molar-refractivity contribution in [3.63, 3.8) is 0 Å². The van der Waals surface area contributed by atoms with Gasteiger partial charge in [-0.05, 0) is 83.7 Å². The molecule has 0 bridgehead atoms. The summed E-state index contributed by atoms with van der Waals surface area (Å²) in [6, 6.07) is 17.3. The molecule has 11 heteroatoms. The van der Waals surface area contributed by atoms with Crippen LogP contribution in [0.25, 0.3) is 11.0 Å². The largest absolute Gasteiger partial charge is 0.444 e. The molecule has 2 aromatic heterocycles. The summed E-state index contributed by atoms with van der Waals surface area (Å²) >= 11 is 0. The third-order valence-electron chi connectivity index (χ3n) is 7.59. The molecule has 0 unspecified atom stereocenters. The molecule has 0 radical (unpaired) electrons. The van der Waals surface area contributed by atoms with Crippen LogP contribution in [0.2, 0.25) is 0 Å². The van der Waals surface area contributed by atoms with Crippen molar-refractivity contribution < 1.29 is 14.3 Å². The number of amides is 2. The molecule has 1 aliphatic heterocycles. The lowest BCUT2D eigenvalue weighted by molar-refractivity contribution is 0.0139. The van der Waals surface area contributed by atoms with E-state index in [1.54, 1.807) is 22.3 Å². The number of hydrogen-bond acceptors (Lipinski definition) is 8. The number of aromatic amines is 1. The Morgan fingerprint density at radius 2 is 1.76 bits per heavy atom. The summed E-state index contributed by atoms with van der Waals surface area (Å²) in [7, 11) is 4.11. The molecule has 238 valence electrons. The smallest absolute Gasteiger partial charge is 0.410 e. The number of nitrogens with zero attached hydrogens (tertiary/aromatic N) is 6. The molecule has 1 aliphatic rings. The van der Waals surface area contributed by atoms with E-state index in [4.69, 9.17) is 4.74 Å². The number of carbonyl (C=O) groups is 2. The van der Waals surface area contributed by atoms with Crippen molar-refractivity contribution in [1.82, 2.24) is 29.7 Å². The van der Waals surface area contributed by atoms with Gasteiger partial charge in [0.1, 0.15) is 16.9 Å². The number of rotatable bonds is 10. The van der Waals surface area contributed by atoms with Gasteiger partial charge in [-0.25, -0.2) is 14.8 Å². The number of H-pyrrole nitrogens is 1. The second-order valence-electron chi connectivity index (χ2n) is 12.6. The summed E-state index contributed by atoms with van der Waals surface area (Å²) in [5.74, 6) is 0.549. The minimum Gasteiger partial charge on any atom is -0.444 e. The van der Waals surface area contributed by atoms with Gasteiger partial charge in [-0.2, -0.15) is 0 Å². The molecule has 2 aromatic carbocycles. The van der Waals surface area contributed by atoms with Crippen LogP contribution >= 0.6 is 0 Å². The third-order valence-corrected chi connectivity index (χ3v) is 7.59. The second kappa shape index (κ2) is 14.1. The number of anilines is 3. The van der Waals surface area contributed by atoms with Gasteiger partial charge >= 0.3 is 6.09 Å². The number of imidazole rings is 1. The fraction of sp³-hybridized carbons (Fsp3) is 0.412. The highest BCUT2D eigenvalue weighted by atomic mass is 16.6. The van der Waals surface area contributed by atoms with Gasteiger partial charge in [0.15, 0.2) is 0 Å². The SMILES string of the molecule is CN(C)CCCNc1cc(N(C(=O)c2ccc(CN3CCN(C(=O)OC(C)(C)C)CC3)cc2)c2cccc3[nH]cnc23)ccn1. The van der Waals surface area contributed by atoms with Gasteiger partial charge in [0.2, 0.25) is 0 Å². The first kappa shape index (κ1) is 31.9. The fourth-order valence-corrected chi connectivity index (χ4v) is 5.32. The Kier molecular flexibility index (Phi) is 9.99. The Labute approximate surface area is 265 Å². The zero-order valence-electron chi connectivity index (χ0n) is 26.9. The second-order valence-corrected chi connectivity index (χ2v) is 12.6. The molecular weight excluding hydrogens is 568 g/mol. The van der Waals surface area contributed by atoms with Crippen LogP contribution in [0, 0.1) is 0 Å². The minimum atomic E-state index is -0.504. The van der Waals surface area contributed by atoms with Gasteiger partial charge < -0.3 is 24.8 Å². The van der Waals surface area contributed by atoms with Crippen LogP contribution in [0.15, 0.2) is 67.1 Å². The highest BCUT2D eigenvalue weighted by molar-refractivity contribution is 6.14. The summed E-state index contributed by atoms with van der Waals surface area (Å²) in [6.07, 6.45) is 4.07. The lowest BCUT2D eigenvalue weighted by atomic mass is 10.1. The summed E-state index contributed by atoms with van der Waals surface area (Å²) < 4.78 is 5.52. The van der Waals surface area contributed by atoms with Gasteiger partial charge in [-0.15, -0.1) is 0 Å².